The van der Waals surface area contributed by atoms with Gasteiger partial charge in [-0.3, -0.25) is 14.9 Å². The number of carbonyl (C=O) groups is 2. The number of ketones is 1. The zero-order valence-corrected chi connectivity index (χ0v) is 26.9. The van der Waals surface area contributed by atoms with Crippen LogP contribution in [0.3, 0.4) is 0 Å². The van der Waals surface area contributed by atoms with E-state index in [0.717, 1.165) is 31.9 Å². The Labute approximate surface area is 229 Å². The zero-order chi connectivity index (χ0) is 28.4. The predicted octanol–water partition coefficient (Wildman–Crippen LogP) is 7.73. The molecule has 0 atom stereocenters. The number of hydrogen-bond donors (Lipinski definition) is 0. The molecule has 0 aliphatic carbocycles. The Hall–Kier alpha value is -1.76. The average molecular weight is 568 g/mol. The van der Waals surface area contributed by atoms with Crippen LogP contribution in [0.5, 0.6) is 0 Å². The summed E-state index contributed by atoms with van der Waals surface area (Å²) >= 11 is 1.38. The first kappa shape index (κ1) is 33.3. The molecular formula is C27H45NO6SSi2. The lowest BCUT2D eigenvalue weighted by Crippen LogP contribution is -2.40. The number of benzene rings is 1. The topological polar surface area (TPSA) is 95.7 Å². The van der Waals surface area contributed by atoms with Gasteiger partial charge in [-0.25, -0.2) is 4.79 Å². The van der Waals surface area contributed by atoms with Gasteiger partial charge in [0.1, 0.15) is 5.57 Å². The van der Waals surface area contributed by atoms with E-state index in [1.165, 1.54) is 30.8 Å². The van der Waals surface area contributed by atoms with E-state index >= 15 is 0 Å². The highest BCUT2D eigenvalue weighted by molar-refractivity contribution is 7.99. The van der Waals surface area contributed by atoms with Gasteiger partial charge in [0.2, 0.25) is 0 Å². The highest BCUT2D eigenvalue weighted by Gasteiger charge is 2.36. The molecule has 0 unspecified atom stereocenters. The van der Waals surface area contributed by atoms with Crippen LogP contribution in [0.4, 0.5) is 5.69 Å². The summed E-state index contributed by atoms with van der Waals surface area (Å²) in [6.45, 7) is 20.0. The van der Waals surface area contributed by atoms with E-state index in [-0.39, 0.29) is 22.9 Å². The van der Waals surface area contributed by atoms with Gasteiger partial charge in [0.15, 0.2) is 14.1 Å². The van der Waals surface area contributed by atoms with Crippen molar-refractivity contribution < 1.29 is 23.7 Å². The molecule has 1 aromatic carbocycles. The Balaban J connectivity index is 2.91. The minimum Gasteiger partial charge on any atom is -0.462 e. The van der Waals surface area contributed by atoms with Crippen molar-refractivity contribution in [2.24, 2.45) is 0 Å². The Morgan fingerprint density at radius 2 is 1.70 bits per heavy atom. The SMILES string of the molecule is CC(=O)/C(=C\c1cccc([N+](=O)[O-])c1SCCCCCO[Si](C)(C)C(C)(C)C)C(=O)OCC[Si](C)(C)C. The maximum absolute atomic E-state index is 12.7. The van der Waals surface area contributed by atoms with E-state index in [4.69, 9.17) is 9.16 Å². The molecule has 0 fully saturated rings. The van der Waals surface area contributed by atoms with Crippen LogP contribution < -0.4 is 0 Å². The number of thioether (sulfide) groups is 1. The fourth-order valence-corrected chi connectivity index (χ4v) is 5.98. The smallest absolute Gasteiger partial charge is 0.341 e. The summed E-state index contributed by atoms with van der Waals surface area (Å²) in [5, 5.41) is 11.9. The Morgan fingerprint density at radius 1 is 1.05 bits per heavy atom. The van der Waals surface area contributed by atoms with Crippen molar-refractivity contribution in [3.63, 3.8) is 0 Å². The molecular weight excluding hydrogens is 523 g/mol. The van der Waals surface area contributed by atoms with Crippen molar-refractivity contribution in [2.45, 2.75) is 95.7 Å². The van der Waals surface area contributed by atoms with E-state index in [2.05, 4.69) is 53.5 Å². The molecule has 0 amide bonds. The van der Waals surface area contributed by atoms with Crippen molar-refractivity contribution in [3.8, 4) is 0 Å². The molecule has 0 radical (unpaired) electrons. The van der Waals surface area contributed by atoms with Gasteiger partial charge in [0, 0.05) is 20.7 Å². The van der Waals surface area contributed by atoms with Crippen LogP contribution >= 0.6 is 11.8 Å². The summed E-state index contributed by atoms with van der Waals surface area (Å²) in [7, 11) is -3.16. The van der Waals surface area contributed by atoms with E-state index in [9.17, 15) is 19.7 Å². The fourth-order valence-electron chi connectivity index (χ4n) is 3.04. The van der Waals surface area contributed by atoms with E-state index in [0.29, 0.717) is 16.2 Å². The van der Waals surface area contributed by atoms with Crippen LogP contribution in [0, 0.1) is 10.1 Å². The third kappa shape index (κ3) is 11.7. The minimum atomic E-state index is -1.76. The normalized spacial score (nSPS) is 12.9. The van der Waals surface area contributed by atoms with Crippen molar-refractivity contribution in [1.82, 2.24) is 0 Å². The van der Waals surface area contributed by atoms with Crippen LogP contribution in [-0.2, 0) is 18.8 Å². The molecule has 1 rings (SSSR count). The van der Waals surface area contributed by atoms with Gasteiger partial charge in [0.05, 0.1) is 16.4 Å². The van der Waals surface area contributed by atoms with Gasteiger partial charge in [-0.15, -0.1) is 11.8 Å². The number of hydrogen-bond acceptors (Lipinski definition) is 7. The Kier molecular flexibility index (Phi) is 13.0. The van der Waals surface area contributed by atoms with Crippen LogP contribution in [0.25, 0.3) is 6.08 Å². The van der Waals surface area contributed by atoms with Crippen LogP contribution in [0.2, 0.25) is 43.8 Å². The molecule has 0 bridgehead atoms. The summed E-state index contributed by atoms with van der Waals surface area (Å²) in [4.78, 5) is 36.7. The molecule has 0 heterocycles. The number of rotatable bonds is 15. The summed E-state index contributed by atoms with van der Waals surface area (Å²) in [5.74, 6) is -0.431. The highest BCUT2D eigenvalue weighted by Crippen LogP contribution is 2.37. The Bertz CT molecular complexity index is 980. The summed E-state index contributed by atoms with van der Waals surface area (Å²) in [6.07, 6.45) is 4.20. The number of nitro groups is 1. The van der Waals surface area contributed by atoms with Crippen molar-refractivity contribution in [1.29, 1.82) is 0 Å². The molecule has 10 heteroatoms. The molecule has 1 aromatic rings. The minimum absolute atomic E-state index is 0.0324. The third-order valence-corrected chi connectivity index (χ3v) is 14.0. The van der Waals surface area contributed by atoms with Gasteiger partial charge in [-0.1, -0.05) is 59.0 Å². The molecule has 0 aromatic heterocycles. The summed E-state index contributed by atoms with van der Waals surface area (Å²) in [5.41, 5.74) is 0.350. The van der Waals surface area contributed by atoms with E-state index in [1.54, 1.807) is 12.1 Å². The molecule has 0 aliphatic rings. The lowest BCUT2D eigenvalue weighted by molar-refractivity contribution is -0.387. The number of carbonyl (C=O) groups excluding carboxylic acids is 2. The number of ether oxygens (including phenoxy) is 1. The molecule has 0 aliphatic heterocycles. The molecule has 37 heavy (non-hydrogen) atoms. The fraction of sp³-hybridized carbons (Fsp3) is 0.630. The molecule has 208 valence electrons. The van der Waals surface area contributed by atoms with Gasteiger partial charge < -0.3 is 9.16 Å². The summed E-state index contributed by atoms with van der Waals surface area (Å²) < 4.78 is 11.6. The van der Waals surface area contributed by atoms with Crippen LogP contribution in [-0.4, -0.2) is 52.0 Å². The molecule has 0 N–H and O–H groups in total. The first-order chi connectivity index (χ1) is 17.0. The standard InChI is InChI=1S/C27H45NO6SSi2/c1-21(29)23(26(30)33-17-19-36(5,6)7)20-22-14-13-15-24(28(31)32)25(22)35-18-12-10-11-16-34-37(8,9)27(2,3)4/h13-15,20H,10-12,16-19H2,1-9H3/b23-20+. The largest absolute Gasteiger partial charge is 0.462 e. The monoisotopic (exact) mass is 567 g/mol. The number of nitrogens with zero attached hydrogens (tertiary/aromatic N) is 1. The van der Waals surface area contributed by atoms with E-state index < -0.39 is 33.1 Å². The molecule has 0 saturated heterocycles. The maximum Gasteiger partial charge on any atom is 0.341 e. The Morgan fingerprint density at radius 3 is 2.24 bits per heavy atom. The molecule has 0 saturated carbocycles. The van der Waals surface area contributed by atoms with Crippen molar-refractivity contribution in [3.05, 3.63) is 39.4 Å². The van der Waals surface area contributed by atoms with Gasteiger partial charge in [-0.05, 0) is 61.3 Å². The third-order valence-electron chi connectivity index (χ3n) is 6.51. The summed E-state index contributed by atoms with van der Waals surface area (Å²) in [6, 6.07) is 5.51. The van der Waals surface area contributed by atoms with Gasteiger partial charge in [-0.2, -0.15) is 0 Å². The second-order valence-corrected chi connectivity index (χ2v) is 23.6. The van der Waals surface area contributed by atoms with Gasteiger partial charge in [0.25, 0.3) is 5.69 Å². The quantitative estimate of drug-likeness (QED) is 0.0246. The molecule has 0 spiro atoms. The number of esters is 1. The van der Waals surface area contributed by atoms with Crippen molar-refractivity contribution >= 4 is 51.7 Å². The van der Waals surface area contributed by atoms with E-state index in [1.807, 2.05) is 0 Å². The average Bonchev–Trinajstić information content (AvgIpc) is 2.74. The predicted molar refractivity (Wildman–Crippen MR) is 159 cm³/mol. The second kappa shape index (κ2) is 14.4. The maximum atomic E-state index is 12.7. The zero-order valence-electron chi connectivity index (χ0n) is 24.1. The first-order valence-corrected chi connectivity index (χ1v) is 20.5. The molecule has 7 nitrogen and oxygen atoms in total. The van der Waals surface area contributed by atoms with Crippen LogP contribution in [0.1, 0.15) is 52.5 Å². The number of unbranched alkanes of at least 4 members (excludes halogenated alkanes) is 2. The lowest BCUT2D eigenvalue weighted by Gasteiger charge is -2.36. The lowest BCUT2D eigenvalue weighted by atomic mass is 10.1. The first-order valence-electron chi connectivity index (χ1n) is 12.9. The van der Waals surface area contributed by atoms with Crippen LogP contribution in [0.15, 0.2) is 28.7 Å². The highest BCUT2D eigenvalue weighted by atomic mass is 32.2. The second-order valence-electron chi connectivity index (χ2n) is 12.0. The number of Topliss-reactive ketones (excluding diaryl/α,β-unsaturated/α-hetero) is 1. The van der Waals surface area contributed by atoms with Crippen molar-refractivity contribution in [2.75, 3.05) is 19.0 Å². The number of nitro benzene ring substituents is 1. The van der Waals surface area contributed by atoms with Gasteiger partial charge >= 0.3 is 5.97 Å².